The Balaban J connectivity index is 1.99. The maximum absolute atomic E-state index is 5.92. The van der Waals surface area contributed by atoms with Crippen LogP contribution in [0.25, 0.3) is 0 Å². The second-order valence-corrected chi connectivity index (χ2v) is 3.99. The highest BCUT2D eigenvalue weighted by molar-refractivity contribution is 4.84. The molecule has 0 bridgehead atoms. The Morgan fingerprint density at radius 2 is 1.73 bits per heavy atom. The molecule has 2 heteroatoms. The van der Waals surface area contributed by atoms with E-state index in [4.69, 9.17) is 5.84 Å². The van der Waals surface area contributed by atoms with E-state index in [1.165, 1.54) is 38.5 Å². The first-order valence-electron chi connectivity index (χ1n) is 4.89. The standard InChI is InChI=1S/C9H18N2/c10-11-7-3-5-8-4-1-2-6-9(8)11/h8-9H,1-7,10H2/t8-,9-/m1/s1. The van der Waals surface area contributed by atoms with Crippen LogP contribution in [0.4, 0.5) is 0 Å². The molecule has 0 unspecified atom stereocenters. The van der Waals surface area contributed by atoms with Gasteiger partial charge < -0.3 is 0 Å². The molecule has 2 aliphatic rings. The first kappa shape index (κ1) is 7.56. The Morgan fingerprint density at radius 1 is 1.00 bits per heavy atom. The lowest BCUT2D eigenvalue weighted by molar-refractivity contribution is 0.0612. The summed E-state index contributed by atoms with van der Waals surface area (Å²) in [5, 5.41) is 2.09. The fourth-order valence-corrected chi connectivity index (χ4v) is 2.66. The van der Waals surface area contributed by atoms with Crippen molar-refractivity contribution in [2.45, 2.75) is 44.6 Å². The third-order valence-electron chi connectivity index (χ3n) is 3.29. The van der Waals surface area contributed by atoms with Gasteiger partial charge in [-0.1, -0.05) is 12.8 Å². The van der Waals surface area contributed by atoms with Crippen LogP contribution in [0.15, 0.2) is 0 Å². The summed E-state index contributed by atoms with van der Waals surface area (Å²) >= 11 is 0. The molecule has 2 N–H and O–H groups in total. The van der Waals surface area contributed by atoms with Gasteiger partial charge in [-0.15, -0.1) is 0 Å². The molecule has 1 saturated carbocycles. The van der Waals surface area contributed by atoms with Crippen LogP contribution >= 0.6 is 0 Å². The highest BCUT2D eigenvalue weighted by Crippen LogP contribution is 2.33. The minimum Gasteiger partial charge on any atom is -0.269 e. The Hall–Kier alpha value is -0.0800. The summed E-state index contributed by atoms with van der Waals surface area (Å²) in [5.41, 5.74) is 0. The SMILES string of the molecule is NN1CCC[C@H]2CCCC[C@H]21. The average Bonchev–Trinajstić information content (AvgIpc) is 2.06. The highest BCUT2D eigenvalue weighted by Gasteiger charge is 2.31. The van der Waals surface area contributed by atoms with Crippen LogP contribution in [0.1, 0.15) is 38.5 Å². The molecule has 1 aliphatic heterocycles. The Labute approximate surface area is 68.7 Å². The van der Waals surface area contributed by atoms with Gasteiger partial charge in [-0.3, -0.25) is 5.84 Å². The molecule has 0 amide bonds. The average molecular weight is 154 g/mol. The maximum Gasteiger partial charge on any atom is 0.0269 e. The first-order chi connectivity index (χ1) is 5.38. The molecule has 1 heterocycles. The third kappa shape index (κ3) is 1.42. The van der Waals surface area contributed by atoms with Crippen molar-refractivity contribution in [1.82, 2.24) is 5.01 Å². The number of nitrogens with two attached hydrogens (primary N) is 1. The highest BCUT2D eigenvalue weighted by atomic mass is 15.4. The molecular formula is C9H18N2. The summed E-state index contributed by atoms with van der Waals surface area (Å²) in [4.78, 5) is 0. The predicted molar refractivity (Wildman–Crippen MR) is 45.9 cm³/mol. The quantitative estimate of drug-likeness (QED) is 0.536. The van der Waals surface area contributed by atoms with Gasteiger partial charge in [0.25, 0.3) is 0 Å². The zero-order valence-electron chi connectivity index (χ0n) is 7.13. The molecule has 2 fully saturated rings. The van der Waals surface area contributed by atoms with Crippen molar-refractivity contribution < 1.29 is 0 Å². The van der Waals surface area contributed by atoms with Gasteiger partial charge in [0.05, 0.1) is 0 Å². The minimum absolute atomic E-state index is 0.734. The van der Waals surface area contributed by atoms with E-state index in [2.05, 4.69) is 5.01 Å². The number of rotatable bonds is 0. The second kappa shape index (κ2) is 3.11. The van der Waals surface area contributed by atoms with Gasteiger partial charge in [0.2, 0.25) is 0 Å². The van der Waals surface area contributed by atoms with E-state index in [1.54, 1.807) is 0 Å². The number of nitrogens with zero attached hydrogens (tertiary/aromatic N) is 1. The monoisotopic (exact) mass is 154 g/mol. The molecule has 2 atom stereocenters. The third-order valence-corrected chi connectivity index (χ3v) is 3.29. The van der Waals surface area contributed by atoms with Gasteiger partial charge in [-0.2, -0.15) is 0 Å². The molecule has 0 spiro atoms. The van der Waals surface area contributed by atoms with E-state index in [0.29, 0.717) is 0 Å². The molecule has 2 nitrogen and oxygen atoms in total. The van der Waals surface area contributed by atoms with Crippen molar-refractivity contribution in [1.29, 1.82) is 0 Å². The smallest absolute Gasteiger partial charge is 0.0269 e. The number of piperidine rings is 1. The minimum atomic E-state index is 0.734. The maximum atomic E-state index is 5.92. The largest absolute Gasteiger partial charge is 0.269 e. The van der Waals surface area contributed by atoms with Crippen molar-refractivity contribution in [3.63, 3.8) is 0 Å². The topological polar surface area (TPSA) is 29.3 Å². The van der Waals surface area contributed by atoms with Crippen molar-refractivity contribution in [2.75, 3.05) is 6.54 Å². The molecule has 11 heavy (non-hydrogen) atoms. The first-order valence-corrected chi connectivity index (χ1v) is 4.89. The predicted octanol–water partition coefficient (Wildman–Crippen LogP) is 1.51. The van der Waals surface area contributed by atoms with Crippen LogP contribution < -0.4 is 5.84 Å². The van der Waals surface area contributed by atoms with Gasteiger partial charge in [0.1, 0.15) is 0 Å². The molecule has 1 aliphatic carbocycles. The number of hydrogen-bond acceptors (Lipinski definition) is 2. The summed E-state index contributed by atoms with van der Waals surface area (Å²) in [6.07, 6.45) is 8.36. The molecule has 0 aromatic rings. The fourth-order valence-electron chi connectivity index (χ4n) is 2.66. The number of fused-ring (bicyclic) bond motifs is 1. The normalized spacial score (nSPS) is 40.1. The Kier molecular flexibility index (Phi) is 2.14. The van der Waals surface area contributed by atoms with Gasteiger partial charge in [0, 0.05) is 12.6 Å². The molecule has 0 radical (unpaired) electrons. The lowest BCUT2D eigenvalue weighted by Crippen LogP contribution is -2.50. The zero-order valence-corrected chi connectivity index (χ0v) is 7.13. The summed E-state index contributed by atoms with van der Waals surface area (Å²) in [7, 11) is 0. The van der Waals surface area contributed by atoms with Crippen molar-refractivity contribution >= 4 is 0 Å². The lowest BCUT2D eigenvalue weighted by atomic mass is 9.79. The van der Waals surface area contributed by atoms with E-state index in [-0.39, 0.29) is 0 Å². The van der Waals surface area contributed by atoms with Crippen molar-refractivity contribution in [3.05, 3.63) is 0 Å². The molecule has 0 aromatic heterocycles. The van der Waals surface area contributed by atoms with Crippen LogP contribution in [0, 0.1) is 5.92 Å². The Bertz CT molecular complexity index is 134. The summed E-state index contributed by atoms with van der Waals surface area (Å²) in [6.45, 7) is 1.13. The van der Waals surface area contributed by atoms with E-state index < -0.39 is 0 Å². The molecule has 2 rings (SSSR count). The summed E-state index contributed by atoms with van der Waals surface area (Å²) in [6, 6.07) is 0.734. The summed E-state index contributed by atoms with van der Waals surface area (Å²) < 4.78 is 0. The molecule has 1 saturated heterocycles. The summed E-state index contributed by atoms with van der Waals surface area (Å²) in [5.74, 6) is 6.86. The van der Waals surface area contributed by atoms with Gasteiger partial charge >= 0.3 is 0 Å². The Morgan fingerprint density at radius 3 is 2.55 bits per heavy atom. The number of hydrogen-bond donors (Lipinski definition) is 1. The second-order valence-electron chi connectivity index (χ2n) is 3.99. The van der Waals surface area contributed by atoms with Gasteiger partial charge in [0.15, 0.2) is 0 Å². The lowest BCUT2D eigenvalue weighted by Gasteiger charge is -2.41. The number of hydrazine groups is 1. The van der Waals surface area contributed by atoms with E-state index >= 15 is 0 Å². The van der Waals surface area contributed by atoms with Crippen LogP contribution in [-0.4, -0.2) is 17.6 Å². The molecular weight excluding hydrogens is 136 g/mol. The van der Waals surface area contributed by atoms with Crippen molar-refractivity contribution in [2.24, 2.45) is 11.8 Å². The van der Waals surface area contributed by atoms with Gasteiger partial charge in [-0.05, 0) is 31.6 Å². The van der Waals surface area contributed by atoms with Crippen LogP contribution in [0.5, 0.6) is 0 Å². The van der Waals surface area contributed by atoms with Crippen LogP contribution in [-0.2, 0) is 0 Å². The molecule has 0 aromatic carbocycles. The fraction of sp³-hybridized carbons (Fsp3) is 1.00. The van der Waals surface area contributed by atoms with E-state index in [9.17, 15) is 0 Å². The zero-order chi connectivity index (χ0) is 7.68. The van der Waals surface area contributed by atoms with E-state index in [1.807, 2.05) is 0 Å². The van der Waals surface area contributed by atoms with Crippen LogP contribution in [0.3, 0.4) is 0 Å². The van der Waals surface area contributed by atoms with Gasteiger partial charge in [-0.25, -0.2) is 5.01 Å². The van der Waals surface area contributed by atoms with Crippen LogP contribution in [0.2, 0.25) is 0 Å². The molecule has 64 valence electrons. The van der Waals surface area contributed by atoms with E-state index in [0.717, 1.165) is 18.5 Å². The van der Waals surface area contributed by atoms with Crippen molar-refractivity contribution in [3.8, 4) is 0 Å².